The molecule has 114 valence electrons. The Morgan fingerprint density at radius 2 is 1.90 bits per heavy atom. The van der Waals surface area contributed by atoms with Gasteiger partial charge in [-0.3, -0.25) is 4.90 Å². The van der Waals surface area contributed by atoms with Gasteiger partial charge in [0.15, 0.2) is 0 Å². The number of aliphatic hydroxyl groups is 1. The molecule has 1 unspecified atom stereocenters. The molecule has 0 radical (unpaired) electrons. The number of rotatable bonds is 8. The molecule has 3 heteroatoms. The average molecular weight is 279 g/mol. The standard InChI is InChI=1S/C17H29NO2/c1-13(2)11-18(8-9-20-5)12-17(19)16-10-14(3)6-7-15(16)4/h6-7,10,13,17,19H,8-9,11-12H2,1-5H3. The fourth-order valence-electron chi connectivity index (χ4n) is 2.46. The Kier molecular flexibility index (Phi) is 7.20. The van der Waals surface area contributed by atoms with Crippen molar-refractivity contribution in [2.45, 2.75) is 33.8 Å². The first-order valence-corrected chi connectivity index (χ1v) is 7.40. The number of aryl methyl sites for hydroxylation is 2. The monoisotopic (exact) mass is 279 g/mol. The first-order valence-electron chi connectivity index (χ1n) is 7.40. The highest BCUT2D eigenvalue weighted by atomic mass is 16.5. The molecule has 0 aliphatic heterocycles. The lowest BCUT2D eigenvalue weighted by Gasteiger charge is -2.27. The van der Waals surface area contributed by atoms with Gasteiger partial charge >= 0.3 is 0 Å². The second-order valence-corrected chi connectivity index (χ2v) is 6.02. The average Bonchev–Trinajstić information content (AvgIpc) is 2.38. The third-order valence-corrected chi connectivity index (χ3v) is 3.46. The smallest absolute Gasteiger partial charge is 0.0919 e. The molecule has 20 heavy (non-hydrogen) atoms. The Morgan fingerprint density at radius 1 is 1.20 bits per heavy atom. The Bertz CT molecular complexity index is 404. The number of hydrogen-bond donors (Lipinski definition) is 1. The van der Waals surface area contributed by atoms with Gasteiger partial charge < -0.3 is 9.84 Å². The fourth-order valence-corrected chi connectivity index (χ4v) is 2.46. The fraction of sp³-hybridized carbons (Fsp3) is 0.647. The molecule has 0 aliphatic rings. The summed E-state index contributed by atoms with van der Waals surface area (Å²) in [6.07, 6.45) is -0.439. The zero-order chi connectivity index (χ0) is 15.1. The van der Waals surface area contributed by atoms with Crippen LogP contribution < -0.4 is 0 Å². The van der Waals surface area contributed by atoms with E-state index in [2.05, 4.69) is 50.8 Å². The maximum atomic E-state index is 10.5. The van der Waals surface area contributed by atoms with Crippen molar-refractivity contribution in [3.63, 3.8) is 0 Å². The van der Waals surface area contributed by atoms with Crippen LogP contribution in [0, 0.1) is 19.8 Å². The van der Waals surface area contributed by atoms with Crippen LogP contribution in [-0.4, -0.2) is 43.4 Å². The molecule has 0 fully saturated rings. The van der Waals surface area contributed by atoms with Crippen LogP contribution in [0.4, 0.5) is 0 Å². The molecule has 3 nitrogen and oxygen atoms in total. The summed E-state index contributed by atoms with van der Waals surface area (Å²) in [5.41, 5.74) is 3.38. The molecule has 1 aromatic carbocycles. The van der Waals surface area contributed by atoms with E-state index in [4.69, 9.17) is 4.74 Å². The number of benzene rings is 1. The van der Waals surface area contributed by atoms with Crippen molar-refractivity contribution >= 4 is 0 Å². The zero-order valence-electron chi connectivity index (χ0n) is 13.5. The summed E-state index contributed by atoms with van der Waals surface area (Å²) in [6.45, 7) is 11.7. The Morgan fingerprint density at radius 3 is 2.50 bits per heavy atom. The van der Waals surface area contributed by atoms with Crippen LogP contribution in [0.15, 0.2) is 18.2 Å². The summed E-state index contributed by atoms with van der Waals surface area (Å²) in [7, 11) is 1.72. The van der Waals surface area contributed by atoms with Gasteiger partial charge in [0, 0.05) is 26.7 Å². The van der Waals surface area contributed by atoms with E-state index in [9.17, 15) is 5.11 Å². The van der Waals surface area contributed by atoms with Crippen molar-refractivity contribution in [1.29, 1.82) is 0 Å². The van der Waals surface area contributed by atoms with Gasteiger partial charge in [-0.2, -0.15) is 0 Å². The predicted molar refractivity (Wildman–Crippen MR) is 84.0 cm³/mol. The van der Waals surface area contributed by atoms with Crippen LogP contribution in [0.3, 0.4) is 0 Å². The van der Waals surface area contributed by atoms with Crippen LogP contribution in [0.1, 0.15) is 36.6 Å². The van der Waals surface area contributed by atoms with E-state index in [0.29, 0.717) is 19.1 Å². The number of aliphatic hydroxyl groups excluding tert-OH is 1. The molecule has 0 aliphatic carbocycles. The van der Waals surface area contributed by atoms with Crippen molar-refractivity contribution in [3.8, 4) is 0 Å². The van der Waals surface area contributed by atoms with Crippen LogP contribution in [0.5, 0.6) is 0 Å². The summed E-state index contributed by atoms with van der Waals surface area (Å²) in [5.74, 6) is 0.581. The van der Waals surface area contributed by atoms with Crippen LogP contribution in [-0.2, 0) is 4.74 Å². The van der Waals surface area contributed by atoms with Gasteiger partial charge in [0.2, 0.25) is 0 Å². The summed E-state index contributed by atoms with van der Waals surface area (Å²) in [4.78, 5) is 2.28. The molecule has 0 saturated carbocycles. The number of ether oxygens (including phenoxy) is 1. The minimum Gasteiger partial charge on any atom is -0.387 e. The maximum absolute atomic E-state index is 10.5. The van der Waals surface area contributed by atoms with Gasteiger partial charge in [0.25, 0.3) is 0 Å². The van der Waals surface area contributed by atoms with Crippen LogP contribution in [0.25, 0.3) is 0 Å². The molecule has 0 spiro atoms. The quantitative estimate of drug-likeness (QED) is 0.794. The third-order valence-electron chi connectivity index (χ3n) is 3.46. The summed E-state index contributed by atoms with van der Waals surface area (Å²) in [6, 6.07) is 6.25. The van der Waals surface area contributed by atoms with Crippen LogP contribution >= 0.6 is 0 Å². The Labute approximate surface area is 123 Å². The van der Waals surface area contributed by atoms with E-state index in [1.807, 2.05) is 0 Å². The maximum Gasteiger partial charge on any atom is 0.0919 e. The van der Waals surface area contributed by atoms with E-state index < -0.39 is 6.10 Å². The molecule has 1 aromatic rings. The number of nitrogens with zero attached hydrogens (tertiary/aromatic N) is 1. The minimum atomic E-state index is -0.439. The highest BCUT2D eigenvalue weighted by molar-refractivity contribution is 5.32. The molecule has 0 amide bonds. The zero-order valence-corrected chi connectivity index (χ0v) is 13.5. The SMILES string of the molecule is COCCN(CC(C)C)CC(O)c1cc(C)ccc1C. The number of hydrogen-bond acceptors (Lipinski definition) is 3. The van der Waals surface area contributed by atoms with E-state index in [1.54, 1.807) is 7.11 Å². The molecule has 1 rings (SSSR count). The van der Waals surface area contributed by atoms with E-state index >= 15 is 0 Å². The predicted octanol–water partition coefficient (Wildman–Crippen LogP) is 2.94. The van der Waals surface area contributed by atoms with Gasteiger partial charge in [0.05, 0.1) is 12.7 Å². The van der Waals surface area contributed by atoms with E-state index in [1.165, 1.54) is 5.56 Å². The Hall–Kier alpha value is -0.900. The van der Waals surface area contributed by atoms with Crippen LogP contribution in [0.2, 0.25) is 0 Å². The molecular weight excluding hydrogens is 250 g/mol. The van der Waals surface area contributed by atoms with E-state index in [0.717, 1.165) is 24.2 Å². The second kappa shape index (κ2) is 8.40. The van der Waals surface area contributed by atoms with Crippen molar-refractivity contribution in [2.75, 3.05) is 33.4 Å². The normalized spacial score (nSPS) is 13.2. The lowest BCUT2D eigenvalue weighted by Crippen LogP contribution is -2.34. The van der Waals surface area contributed by atoms with Gasteiger partial charge in [-0.05, 0) is 30.9 Å². The lowest BCUT2D eigenvalue weighted by atomic mass is 10.00. The summed E-state index contributed by atoms with van der Waals surface area (Å²) in [5, 5.41) is 10.5. The van der Waals surface area contributed by atoms with Crippen molar-refractivity contribution in [1.82, 2.24) is 4.90 Å². The number of methoxy groups -OCH3 is 1. The highest BCUT2D eigenvalue weighted by Crippen LogP contribution is 2.20. The second-order valence-electron chi connectivity index (χ2n) is 6.02. The first-order chi connectivity index (χ1) is 9.43. The third kappa shape index (κ3) is 5.61. The lowest BCUT2D eigenvalue weighted by molar-refractivity contribution is 0.0821. The van der Waals surface area contributed by atoms with Gasteiger partial charge in [-0.1, -0.05) is 37.6 Å². The highest BCUT2D eigenvalue weighted by Gasteiger charge is 2.16. The first kappa shape index (κ1) is 17.2. The molecule has 1 atom stereocenters. The molecule has 0 saturated heterocycles. The molecule has 0 bridgehead atoms. The van der Waals surface area contributed by atoms with Gasteiger partial charge in [0.1, 0.15) is 0 Å². The molecular formula is C17H29NO2. The molecule has 0 heterocycles. The van der Waals surface area contributed by atoms with E-state index in [-0.39, 0.29) is 0 Å². The largest absolute Gasteiger partial charge is 0.387 e. The van der Waals surface area contributed by atoms with Gasteiger partial charge in [-0.25, -0.2) is 0 Å². The molecule has 0 aromatic heterocycles. The van der Waals surface area contributed by atoms with Crippen molar-refractivity contribution < 1.29 is 9.84 Å². The Balaban J connectivity index is 2.73. The summed E-state index contributed by atoms with van der Waals surface area (Å²) < 4.78 is 5.16. The topological polar surface area (TPSA) is 32.7 Å². The van der Waals surface area contributed by atoms with Crippen molar-refractivity contribution in [2.24, 2.45) is 5.92 Å². The van der Waals surface area contributed by atoms with Gasteiger partial charge in [-0.15, -0.1) is 0 Å². The minimum absolute atomic E-state index is 0.439. The van der Waals surface area contributed by atoms with Crippen molar-refractivity contribution in [3.05, 3.63) is 34.9 Å². The molecule has 1 N–H and O–H groups in total. The summed E-state index contributed by atoms with van der Waals surface area (Å²) >= 11 is 0.